The fourth-order valence-electron chi connectivity index (χ4n) is 4.52. The lowest BCUT2D eigenvalue weighted by molar-refractivity contribution is -0.113. The number of allylic oxidation sites excluding steroid dienone is 3. The molecule has 2 aromatic carbocycles. The number of halogens is 3. The van der Waals surface area contributed by atoms with E-state index in [0.717, 1.165) is 6.21 Å². The number of carbonyl (C=O) groups is 2. The first kappa shape index (κ1) is 27.3. The maximum atomic E-state index is 13.5. The van der Waals surface area contributed by atoms with E-state index < -0.39 is 35.6 Å². The Labute approximate surface area is 221 Å². The molecule has 2 atom stereocenters. The summed E-state index contributed by atoms with van der Waals surface area (Å²) in [5.41, 5.74) is 2.18. The molecular weight excluding hydrogens is 513 g/mol. The predicted molar refractivity (Wildman–Crippen MR) is 138 cm³/mol. The molecule has 0 saturated heterocycles. The highest BCUT2D eigenvalue weighted by atomic mass is 19.4. The summed E-state index contributed by atoms with van der Waals surface area (Å²) in [6.45, 7) is 2.96. The van der Waals surface area contributed by atoms with E-state index in [0.29, 0.717) is 11.1 Å². The smallest absolute Gasteiger partial charge is 0.451 e. The summed E-state index contributed by atoms with van der Waals surface area (Å²) >= 11 is 0. The number of phenolic OH excluding ortho intramolecular Hbond substituents is 2. The third kappa shape index (κ3) is 5.75. The summed E-state index contributed by atoms with van der Waals surface area (Å²) in [6, 6.07) is 8.45. The van der Waals surface area contributed by atoms with E-state index in [1.54, 1.807) is 19.1 Å². The van der Waals surface area contributed by atoms with Crippen molar-refractivity contribution < 1.29 is 33.0 Å². The molecule has 11 heteroatoms. The molecule has 1 amide bonds. The highest BCUT2D eigenvalue weighted by Gasteiger charge is 2.38. The largest absolute Gasteiger partial charge is 0.504 e. The van der Waals surface area contributed by atoms with Crippen LogP contribution in [0.5, 0.6) is 11.5 Å². The summed E-state index contributed by atoms with van der Waals surface area (Å²) in [6.07, 6.45) is 0.196. The number of nitrogens with one attached hydrogen (secondary N) is 1. The molecule has 1 heterocycles. The lowest BCUT2D eigenvalue weighted by atomic mass is 9.91. The van der Waals surface area contributed by atoms with E-state index >= 15 is 0 Å². The first-order valence-electron chi connectivity index (χ1n) is 11.9. The van der Waals surface area contributed by atoms with E-state index in [2.05, 4.69) is 15.3 Å². The first-order chi connectivity index (χ1) is 18.4. The maximum absolute atomic E-state index is 13.5. The number of hydrogen-bond donors (Lipinski definition) is 3. The van der Waals surface area contributed by atoms with Crippen LogP contribution in [-0.2, 0) is 4.79 Å². The minimum Gasteiger partial charge on any atom is -0.504 e. The highest BCUT2D eigenvalue weighted by molar-refractivity contribution is 6.11. The molecule has 0 radical (unpaired) electrons. The molecule has 3 N–H and O–H groups in total. The van der Waals surface area contributed by atoms with Gasteiger partial charge in [-0.3, -0.25) is 14.6 Å². The number of hydrogen-bond acceptors (Lipinski definition) is 7. The molecule has 2 aromatic rings. The molecule has 0 aromatic heterocycles. The first-order valence-corrected chi connectivity index (χ1v) is 11.9. The van der Waals surface area contributed by atoms with Crippen molar-refractivity contribution in [3.05, 3.63) is 75.9 Å². The van der Waals surface area contributed by atoms with Crippen molar-refractivity contribution in [2.45, 2.75) is 44.8 Å². The van der Waals surface area contributed by atoms with Crippen LogP contribution in [0.2, 0.25) is 0 Å². The van der Waals surface area contributed by atoms with Crippen LogP contribution in [0.1, 0.15) is 52.7 Å². The van der Waals surface area contributed by atoms with Gasteiger partial charge in [-0.2, -0.15) is 18.4 Å². The molecule has 1 aliphatic carbocycles. The van der Waals surface area contributed by atoms with Crippen LogP contribution in [0.15, 0.2) is 63.6 Å². The zero-order valence-corrected chi connectivity index (χ0v) is 20.9. The molecule has 1 aliphatic heterocycles. The molecule has 0 fully saturated rings. The van der Waals surface area contributed by atoms with E-state index in [1.165, 1.54) is 37.3 Å². The summed E-state index contributed by atoms with van der Waals surface area (Å²) in [5, 5.41) is 32.5. The molecule has 39 heavy (non-hydrogen) atoms. The van der Waals surface area contributed by atoms with Gasteiger partial charge in [-0.05, 0) is 56.5 Å². The van der Waals surface area contributed by atoms with Crippen LogP contribution >= 0.6 is 0 Å². The van der Waals surface area contributed by atoms with Crippen LogP contribution in [0.25, 0.3) is 0 Å². The summed E-state index contributed by atoms with van der Waals surface area (Å²) < 4.78 is 38.6. The van der Waals surface area contributed by atoms with Crippen LogP contribution < -0.4 is 5.32 Å². The Morgan fingerprint density at radius 3 is 2.59 bits per heavy atom. The highest BCUT2D eigenvalue weighted by Crippen LogP contribution is 2.42. The predicted octanol–water partition coefficient (Wildman–Crippen LogP) is 5.26. The van der Waals surface area contributed by atoms with Crippen molar-refractivity contribution in [1.29, 1.82) is 5.26 Å². The van der Waals surface area contributed by atoms with E-state index in [4.69, 9.17) is 0 Å². The van der Waals surface area contributed by atoms with Crippen LogP contribution in [0, 0.1) is 18.3 Å². The molecule has 2 unspecified atom stereocenters. The number of Topliss-reactive ketones (excluding diaryl/α,β-unsaturated/α-hetero) is 1. The number of para-hydroxylation sites is 1. The van der Waals surface area contributed by atoms with Crippen molar-refractivity contribution >= 4 is 29.4 Å². The molecule has 4 rings (SSSR count). The minimum atomic E-state index is -4.64. The number of aliphatic imine (C=N–C) groups is 2. The average Bonchev–Trinajstić information content (AvgIpc) is 3.53. The fraction of sp³-hybridized carbons (Fsp3) is 0.250. The van der Waals surface area contributed by atoms with Crippen molar-refractivity contribution in [3.63, 3.8) is 0 Å². The topological polar surface area (TPSA) is 135 Å². The van der Waals surface area contributed by atoms with Crippen LogP contribution in [0.3, 0.4) is 0 Å². The zero-order chi connectivity index (χ0) is 28.5. The van der Waals surface area contributed by atoms with Crippen LogP contribution in [-0.4, -0.2) is 46.2 Å². The number of ketones is 1. The molecule has 0 spiro atoms. The van der Waals surface area contributed by atoms with Gasteiger partial charge in [0.2, 0.25) is 5.84 Å². The Kier molecular flexibility index (Phi) is 7.40. The van der Waals surface area contributed by atoms with E-state index in [-0.39, 0.29) is 52.3 Å². The third-order valence-electron chi connectivity index (χ3n) is 6.42. The maximum Gasteiger partial charge on any atom is 0.451 e. The SMILES string of the molecule is CC(=O)c1cc(C#N)cc(C)c1NC(=O)C1=CC(CCC2C=NC(C(F)(F)F)=N2)=CC1c1cccc(O)c1O. The number of alkyl halides is 3. The normalized spacial score (nSPS) is 18.3. The van der Waals surface area contributed by atoms with Crippen LogP contribution in [0.4, 0.5) is 18.9 Å². The second-order valence-electron chi connectivity index (χ2n) is 9.21. The number of amides is 1. The molecule has 8 nitrogen and oxygen atoms in total. The van der Waals surface area contributed by atoms with Gasteiger partial charge in [0, 0.05) is 28.8 Å². The molecule has 2 aliphatic rings. The number of nitrogens with zero attached hydrogens (tertiary/aromatic N) is 3. The van der Waals surface area contributed by atoms with Crippen molar-refractivity contribution in [3.8, 4) is 17.6 Å². The Morgan fingerprint density at radius 1 is 1.21 bits per heavy atom. The lowest BCUT2D eigenvalue weighted by Gasteiger charge is -2.18. The third-order valence-corrected chi connectivity index (χ3v) is 6.42. The van der Waals surface area contributed by atoms with Gasteiger partial charge in [0.15, 0.2) is 17.3 Å². The zero-order valence-electron chi connectivity index (χ0n) is 20.9. The lowest BCUT2D eigenvalue weighted by Crippen LogP contribution is -2.20. The fourth-order valence-corrected chi connectivity index (χ4v) is 4.52. The van der Waals surface area contributed by atoms with E-state index in [1.807, 2.05) is 6.07 Å². The number of amidine groups is 1. The molecular formula is C28H23F3N4O4. The Morgan fingerprint density at radius 2 is 1.95 bits per heavy atom. The van der Waals surface area contributed by atoms with Gasteiger partial charge in [0.25, 0.3) is 5.91 Å². The van der Waals surface area contributed by atoms with Gasteiger partial charge in [0.05, 0.1) is 23.4 Å². The van der Waals surface area contributed by atoms with Gasteiger partial charge >= 0.3 is 6.18 Å². The van der Waals surface area contributed by atoms with Crippen molar-refractivity contribution in [2.75, 3.05) is 5.32 Å². The number of anilines is 1. The Hall–Kier alpha value is -4.72. The van der Waals surface area contributed by atoms with Crippen molar-refractivity contribution in [2.24, 2.45) is 9.98 Å². The average molecular weight is 537 g/mol. The monoisotopic (exact) mass is 536 g/mol. The Bertz CT molecular complexity index is 1530. The number of phenols is 2. The molecule has 0 saturated carbocycles. The van der Waals surface area contributed by atoms with Gasteiger partial charge < -0.3 is 15.5 Å². The minimum absolute atomic E-state index is 0.155. The Balaban J connectivity index is 1.65. The standard InChI is InChI=1S/C28H23F3N4O4/c1-14-8-17(12-32)11-20(15(2)36)24(14)35-26(39)22-10-16(6-7-18-13-33-27(34-18)28(29,30)31)9-21(22)19-4-3-5-23(37)25(19)38/h3-5,8-11,13,18,21,37-38H,6-7H2,1-2H3,(H,35,39). The number of carbonyl (C=O) groups excluding carboxylic acids is 2. The number of benzene rings is 2. The quantitative estimate of drug-likeness (QED) is 0.328. The number of aryl methyl sites for hydroxylation is 1. The summed E-state index contributed by atoms with van der Waals surface area (Å²) in [4.78, 5) is 32.7. The second kappa shape index (κ2) is 10.6. The number of nitriles is 1. The second-order valence-corrected chi connectivity index (χ2v) is 9.21. The summed E-state index contributed by atoms with van der Waals surface area (Å²) in [7, 11) is 0. The number of aromatic hydroxyl groups is 2. The van der Waals surface area contributed by atoms with Crippen molar-refractivity contribution in [1.82, 2.24) is 0 Å². The number of rotatable bonds is 7. The van der Waals surface area contributed by atoms with Gasteiger partial charge in [-0.1, -0.05) is 23.8 Å². The van der Waals surface area contributed by atoms with Gasteiger partial charge in [-0.25, -0.2) is 4.99 Å². The molecule has 200 valence electrons. The van der Waals surface area contributed by atoms with Gasteiger partial charge in [0.1, 0.15) is 0 Å². The van der Waals surface area contributed by atoms with E-state index in [9.17, 15) is 38.2 Å². The van der Waals surface area contributed by atoms with Gasteiger partial charge in [-0.15, -0.1) is 0 Å². The summed E-state index contributed by atoms with van der Waals surface area (Å²) in [5.74, 6) is -3.73. The molecule has 0 bridgehead atoms.